The Balaban J connectivity index is 1.31. The summed E-state index contributed by atoms with van der Waals surface area (Å²) in [5, 5.41) is 0. The molecular weight excluding hydrogens is 484 g/mol. The van der Waals surface area contributed by atoms with Gasteiger partial charge in [0.2, 0.25) is 0 Å². The highest BCUT2D eigenvalue weighted by Crippen LogP contribution is 2.31. The number of carbonyl (C=O) groups excluding carboxylic acids is 1. The zero-order valence-corrected chi connectivity index (χ0v) is 20.1. The minimum absolute atomic E-state index is 0.177. The molecule has 0 radical (unpaired) electrons. The molecule has 6 nitrogen and oxygen atoms in total. The highest BCUT2D eigenvalue weighted by molar-refractivity contribution is 5.91. The number of rotatable bonds is 14. The monoisotopic (exact) mass is 514 g/mol. The van der Waals surface area contributed by atoms with Gasteiger partial charge in [-0.25, -0.2) is 9.18 Å². The van der Waals surface area contributed by atoms with Crippen LogP contribution in [0.1, 0.15) is 49.4 Å². The Morgan fingerprint density at radius 3 is 2.22 bits per heavy atom. The molecule has 0 amide bonds. The molecule has 1 heterocycles. The van der Waals surface area contributed by atoms with Crippen LogP contribution in [0.2, 0.25) is 0 Å². The summed E-state index contributed by atoms with van der Waals surface area (Å²) >= 11 is 0. The molecule has 36 heavy (non-hydrogen) atoms. The predicted molar refractivity (Wildman–Crippen MR) is 123 cm³/mol. The molecule has 0 saturated carbocycles. The van der Waals surface area contributed by atoms with Crippen LogP contribution in [0.3, 0.4) is 0 Å². The van der Waals surface area contributed by atoms with E-state index in [1.807, 2.05) is 0 Å². The van der Waals surface area contributed by atoms with Crippen molar-refractivity contribution < 1.29 is 46.0 Å². The van der Waals surface area contributed by atoms with Gasteiger partial charge in [0.05, 0.1) is 32.0 Å². The first-order valence-electron chi connectivity index (χ1n) is 11.9. The van der Waals surface area contributed by atoms with Crippen LogP contribution in [-0.4, -0.2) is 45.4 Å². The number of alkyl halides is 3. The molecule has 0 unspecified atom stereocenters. The second-order valence-electron chi connectivity index (χ2n) is 8.72. The topological polar surface area (TPSA) is 63.2 Å². The summed E-state index contributed by atoms with van der Waals surface area (Å²) in [4.78, 5) is 12.2. The van der Waals surface area contributed by atoms with Crippen LogP contribution in [0.4, 0.5) is 17.6 Å². The summed E-state index contributed by atoms with van der Waals surface area (Å²) in [5.74, 6) is -2.77. The van der Waals surface area contributed by atoms with Crippen molar-refractivity contribution in [2.24, 2.45) is 5.41 Å². The maximum Gasteiger partial charge on any atom is 0.573 e. The molecule has 0 N–H and O–H groups in total. The van der Waals surface area contributed by atoms with E-state index in [-0.39, 0.29) is 16.7 Å². The Hall–Kier alpha value is -2.85. The van der Waals surface area contributed by atoms with E-state index in [0.29, 0.717) is 18.4 Å². The molecule has 2 aromatic carbocycles. The molecule has 1 aliphatic rings. The molecule has 10 heteroatoms. The lowest BCUT2D eigenvalue weighted by Gasteiger charge is -2.40. The molecule has 198 valence electrons. The van der Waals surface area contributed by atoms with E-state index in [9.17, 15) is 22.4 Å². The first-order chi connectivity index (χ1) is 17.2. The third-order valence-electron chi connectivity index (χ3n) is 5.86. The Labute approximate surface area is 207 Å². The van der Waals surface area contributed by atoms with Crippen molar-refractivity contribution in [2.45, 2.75) is 45.4 Å². The molecule has 0 bridgehead atoms. The second kappa shape index (κ2) is 12.9. The smallest absolute Gasteiger partial charge is 0.494 e. The predicted octanol–water partition coefficient (Wildman–Crippen LogP) is 6.33. The van der Waals surface area contributed by atoms with Crippen molar-refractivity contribution in [3.05, 3.63) is 53.8 Å². The Morgan fingerprint density at radius 1 is 0.972 bits per heavy atom. The van der Waals surface area contributed by atoms with Gasteiger partial charge >= 0.3 is 12.3 Å². The van der Waals surface area contributed by atoms with Gasteiger partial charge in [-0.05, 0) is 62.1 Å². The largest absolute Gasteiger partial charge is 0.573 e. The van der Waals surface area contributed by atoms with Gasteiger partial charge in [0.1, 0.15) is 11.5 Å². The summed E-state index contributed by atoms with van der Waals surface area (Å²) < 4.78 is 75.8. The SMILES string of the molecule is CCC1(COCCCCCCOc2ccc(C(=O)Oc3ccc(OC(F)(F)F)c(F)c3)cc2)COC1. The fourth-order valence-electron chi connectivity index (χ4n) is 3.52. The minimum Gasteiger partial charge on any atom is -0.494 e. The Bertz CT molecular complexity index is 968. The van der Waals surface area contributed by atoms with Crippen molar-refractivity contribution in [2.75, 3.05) is 33.0 Å². The third kappa shape index (κ3) is 8.67. The number of unbranched alkanes of at least 4 members (excludes halogenated alkanes) is 3. The molecule has 1 aliphatic heterocycles. The van der Waals surface area contributed by atoms with E-state index >= 15 is 0 Å². The van der Waals surface area contributed by atoms with E-state index in [2.05, 4.69) is 11.7 Å². The van der Waals surface area contributed by atoms with Crippen molar-refractivity contribution in [1.29, 1.82) is 0 Å². The zero-order valence-electron chi connectivity index (χ0n) is 20.1. The maximum absolute atomic E-state index is 13.8. The van der Waals surface area contributed by atoms with Gasteiger partial charge in [-0.3, -0.25) is 0 Å². The summed E-state index contributed by atoms with van der Waals surface area (Å²) in [6, 6.07) is 8.59. The summed E-state index contributed by atoms with van der Waals surface area (Å²) in [7, 11) is 0. The van der Waals surface area contributed by atoms with E-state index < -0.39 is 23.9 Å². The van der Waals surface area contributed by atoms with Gasteiger partial charge in [-0.2, -0.15) is 0 Å². The Morgan fingerprint density at radius 2 is 1.64 bits per heavy atom. The minimum atomic E-state index is -5.03. The lowest BCUT2D eigenvalue weighted by atomic mass is 9.84. The first-order valence-corrected chi connectivity index (χ1v) is 11.9. The number of ether oxygens (including phenoxy) is 5. The number of halogens is 4. The molecule has 0 spiro atoms. The lowest BCUT2D eigenvalue weighted by molar-refractivity contribution is -0.275. The van der Waals surface area contributed by atoms with Crippen molar-refractivity contribution >= 4 is 5.97 Å². The van der Waals surface area contributed by atoms with Gasteiger partial charge in [-0.1, -0.05) is 13.3 Å². The van der Waals surface area contributed by atoms with E-state index in [0.717, 1.165) is 70.7 Å². The van der Waals surface area contributed by atoms with Crippen LogP contribution in [0, 0.1) is 11.2 Å². The van der Waals surface area contributed by atoms with Crippen LogP contribution in [0.25, 0.3) is 0 Å². The van der Waals surface area contributed by atoms with E-state index in [4.69, 9.17) is 18.9 Å². The van der Waals surface area contributed by atoms with Gasteiger partial charge in [0.15, 0.2) is 11.6 Å². The van der Waals surface area contributed by atoms with Crippen LogP contribution < -0.4 is 14.2 Å². The van der Waals surface area contributed by atoms with Gasteiger partial charge < -0.3 is 23.7 Å². The number of hydrogen-bond donors (Lipinski definition) is 0. The molecule has 0 aromatic heterocycles. The average Bonchev–Trinajstić information content (AvgIpc) is 2.81. The van der Waals surface area contributed by atoms with Crippen molar-refractivity contribution in [3.63, 3.8) is 0 Å². The number of hydrogen-bond acceptors (Lipinski definition) is 6. The molecule has 3 rings (SSSR count). The highest BCUT2D eigenvalue weighted by atomic mass is 19.4. The standard InChI is InChI=1S/C26H30F4O6/c1-2-25(17-33-18-25)16-32-13-5-3-4-6-14-34-20-9-7-19(8-10-20)24(31)35-21-11-12-23(22(27)15-21)36-26(28,29)30/h7-12,15H,2-6,13-14,16-18H2,1H3. The second-order valence-corrected chi connectivity index (χ2v) is 8.72. The zero-order chi connectivity index (χ0) is 26.0. The molecule has 1 saturated heterocycles. The van der Waals surface area contributed by atoms with E-state index in [1.54, 1.807) is 12.1 Å². The number of esters is 1. The van der Waals surface area contributed by atoms with Crippen molar-refractivity contribution in [3.8, 4) is 17.2 Å². The first kappa shape index (κ1) is 27.7. The summed E-state index contributed by atoms with van der Waals surface area (Å²) in [6.07, 6.45) is -0.00576. The van der Waals surface area contributed by atoms with E-state index in [1.165, 1.54) is 12.1 Å². The fraction of sp³-hybridized carbons (Fsp3) is 0.500. The third-order valence-corrected chi connectivity index (χ3v) is 5.86. The molecule has 1 fully saturated rings. The number of benzene rings is 2. The van der Waals surface area contributed by atoms with Crippen LogP contribution in [0.5, 0.6) is 17.2 Å². The molecule has 0 atom stereocenters. The summed E-state index contributed by atoms with van der Waals surface area (Å²) in [5.41, 5.74) is 0.398. The molecule has 0 aliphatic carbocycles. The van der Waals surface area contributed by atoms with Crippen LogP contribution >= 0.6 is 0 Å². The molecular formula is C26H30F4O6. The molecule has 2 aromatic rings. The van der Waals surface area contributed by atoms with Crippen LogP contribution in [0.15, 0.2) is 42.5 Å². The highest BCUT2D eigenvalue weighted by Gasteiger charge is 2.36. The van der Waals surface area contributed by atoms with Crippen molar-refractivity contribution in [1.82, 2.24) is 0 Å². The fourth-order valence-corrected chi connectivity index (χ4v) is 3.52. The number of carbonyl (C=O) groups is 1. The van der Waals surface area contributed by atoms with Gasteiger partial charge in [-0.15, -0.1) is 13.2 Å². The van der Waals surface area contributed by atoms with Gasteiger partial charge in [0.25, 0.3) is 0 Å². The maximum atomic E-state index is 13.8. The normalized spacial score (nSPS) is 14.7. The lowest BCUT2D eigenvalue weighted by Crippen LogP contribution is -2.45. The quantitative estimate of drug-likeness (QED) is 0.127. The van der Waals surface area contributed by atoms with Gasteiger partial charge in [0, 0.05) is 18.1 Å². The summed E-state index contributed by atoms with van der Waals surface area (Å²) in [6.45, 7) is 5.79. The van der Waals surface area contributed by atoms with Crippen LogP contribution in [-0.2, 0) is 9.47 Å². The Kier molecular flexibility index (Phi) is 9.95. The average molecular weight is 515 g/mol.